The van der Waals surface area contributed by atoms with E-state index in [4.69, 9.17) is 27.7 Å². The van der Waals surface area contributed by atoms with E-state index in [1.807, 2.05) is 13.1 Å². The molecule has 0 fully saturated rings. The van der Waals surface area contributed by atoms with E-state index in [1.54, 1.807) is 12.1 Å². The van der Waals surface area contributed by atoms with Crippen LogP contribution in [0.4, 0.5) is 0 Å². The van der Waals surface area contributed by atoms with E-state index in [1.165, 1.54) is 0 Å². The molecule has 114 valence electrons. The molecule has 0 spiro atoms. The Morgan fingerprint density at radius 2 is 2.10 bits per heavy atom. The molecule has 0 bridgehead atoms. The lowest BCUT2D eigenvalue weighted by atomic mass is 10.00. The largest absolute Gasteiger partial charge is 0.339 e. The smallest absolute Gasteiger partial charge is 0.231 e. The zero-order chi connectivity index (χ0) is 15.4. The van der Waals surface area contributed by atoms with Gasteiger partial charge < -0.3 is 9.84 Å². The molecule has 0 radical (unpaired) electrons. The van der Waals surface area contributed by atoms with E-state index < -0.39 is 0 Å². The second kappa shape index (κ2) is 7.25. The lowest BCUT2D eigenvalue weighted by molar-refractivity contribution is 0.324. The first-order valence-corrected chi connectivity index (χ1v) is 7.74. The van der Waals surface area contributed by atoms with Crippen molar-refractivity contribution in [2.75, 3.05) is 7.05 Å². The molecule has 2 aromatic rings. The van der Waals surface area contributed by atoms with Crippen molar-refractivity contribution >= 4 is 23.2 Å². The summed E-state index contributed by atoms with van der Waals surface area (Å²) in [7, 11) is 1.94. The van der Waals surface area contributed by atoms with Gasteiger partial charge in [0.1, 0.15) is 0 Å². The fourth-order valence-corrected chi connectivity index (χ4v) is 2.81. The number of hydrogen-bond donors (Lipinski definition) is 1. The average molecular weight is 328 g/mol. The molecule has 0 aliphatic heterocycles. The quantitative estimate of drug-likeness (QED) is 0.868. The summed E-state index contributed by atoms with van der Waals surface area (Å²) in [5.41, 5.74) is 0.932. The van der Waals surface area contributed by atoms with Gasteiger partial charge in [0.15, 0.2) is 5.82 Å². The highest BCUT2D eigenvalue weighted by molar-refractivity contribution is 6.35. The van der Waals surface area contributed by atoms with Crippen LogP contribution >= 0.6 is 23.2 Å². The van der Waals surface area contributed by atoms with Gasteiger partial charge in [0, 0.05) is 22.5 Å². The first kappa shape index (κ1) is 16.3. The van der Waals surface area contributed by atoms with Crippen molar-refractivity contribution in [1.82, 2.24) is 15.5 Å². The Balaban J connectivity index is 2.13. The van der Waals surface area contributed by atoms with Gasteiger partial charge in [-0.15, -0.1) is 0 Å². The zero-order valence-electron chi connectivity index (χ0n) is 12.4. The Morgan fingerprint density at radius 1 is 1.33 bits per heavy atom. The molecule has 2 rings (SSSR count). The molecule has 0 amide bonds. The van der Waals surface area contributed by atoms with Crippen molar-refractivity contribution in [3.8, 4) is 0 Å². The number of aromatic nitrogens is 2. The summed E-state index contributed by atoms with van der Waals surface area (Å²) in [6.07, 6.45) is 1.53. The second-order valence-corrected chi connectivity index (χ2v) is 5.90. The molecule has 2 atom stereocenters. The summed E-state index contributed by atoms with van der Waals surface area (Å²) < 4.78 is 5.38. The van der Waals surface area contributed by atoms with Crippen molar-refractivity contribution in [3.63, 3.8) is 0 Å². The molecule has 1 aromatic carbocycles. The van der Waals surface area contributed by atoms with Crippen LogP contribution in [0, 0.1) is 0 Å². The predicted molar refractivity (Wildman–Crippen MR) is 85.1 cm³/mol. The van der Waals surface area contributed by atoms with E-state index >= 15 is 0 Å². The molecule has 4 nitrogen and oxygen atoms in total. The summed E-state index contributed by atoms with van der Waals surface area (Å²) in [6.45, 7) is 4.21. The molecular weight excluding hydrogens is 309 g/mol. The van der Waals surface area contributed by atoms with Gasteiger partial charge in [-0.3, -0.25) is 0 Å². The van der Waals surface area contributed by atoms with Crippen LogP contribution in [-0.2, 0) is 6.42 Å². The molecular formula is C15H19Cl2N3O. The van der Waals surface area contributed by atoms with Gasteiger partial charge in [0.2, 0.25) is 5.89 Å². The number of benzene rings is 1. The van der Waals surface area contributed by atoms with Gasteiger partial charge >= 0.3 is 0 Å². The van der Waals surface area contributed by atoms with Crippen LogP contribution in [0.15, 0.2) is 22.7 Å². The third-order valence-electron chi connectivity index (χ3n) is 3.65. The maximum Gasteiger partial charge on any atom is 0.231 e. The van der Waals surface area contributed by atoms with Crippen LogP contribution in [0.3, 0.4) is 0 Å². The van der Waals surface area contributed by atoms with Gasteiger partial charge in [0.05, 0.1) is 5.92 Å². The third-order valence-corrected chi connectivity index (χ3v) is 4.24. The summed E-state index contributed by atoms with van der Waals surface area (Å²) in [4.78, 5) is 4.48. The summed E-state index contributed by atoms with van der Waals surface area (Å²) in [6, 6.07) is 5.72. The van der Waals surface area contributed by atoms with Crippen molar-refractivity contribution in [1.29, 1.82) is 0 Å². The van der Waals surface area contributed by atoms with Crippen LogP contribution in [-0.4, -0.2) is 23.2 Å². The minimum atomic E-state index is 0.168. The topological polar surface area (TPSA) is 51.0 Å². The SMILES string of the molecule is CCC(NC)C(C)c1nc(Cc2ccc(Cl)cc2Cl)no1. The van der Waals surface area contributed by atoms with Crippen molar-refractivity contribution in [3.05, 3.63) is 45.5 Å². The molecule has 0 aliphatic carbocycles. The van der Waals surface area contributed by atoms with Crippen molar-refractivity contribution in [2.45, 2.75) is 38.6 Å². The van der Waals surface area contributed by atoms with Crippen LogP contribution in [0.25, 0.3) is 0 Å². The van der Waals surface area contributed by atoms with Gasteiger partial charge in [-0.25, -0.2) is 0 Å². The molecule has 0 aliphatic rings. The summed E-state index contributed by atoms with van der Waals surface area (Å²) in [5.74, 6) is 1.45. The maximum absolute atomic E-state index is 6.16. The van der Waals surface area contributed by atoms with Crippen LogP contribution in [0.2, 0.25) is 10.0 Å². The molecule has 0 saturated heterocycles. The first-order valence-electron chi connectivity index (χ1n) is 6.98. The number of halogens is 2. The number of nitrogens with one attached hydrogen (secondary N) is 1. The van der Waals surface area contributed by atoms with Crippen molar-refractivity contribution < 1.29 is 4.52 Å². The van der Waals surface area contributed by atoms with Gasteiger partial charge in [-0.1, -0.05) is 48.3 Å². The molecule has 1 aromatic heterocycles. The number of nitrogens with zero attached hydrogens (tertiary/aromatic N) is 2. The molecule has 1 N–H and O–H groups in total. The van der Waals surface area contributed by atoms with E-state index in [2.05, 4.69) is 29.3 Å². The third kappa shape index (κ3) is 3.96. The fraction of sp³-hybridized carbons (Fsp3) is 0.467. The monoisotopic (exact) mass is 327 g/mol. The fourth-order valence-electron chi connectivity index (χ4n) is 2.34. The highest BCUT2D eigenvalue weighted by Gasteiger charge is 2.21. The number of hydrogen-bond acceptors (Lipinski definition) is 4. The lowest BCUT2D eigenvalue weighted by Crippen LogP contribution is -2.30. The highest BCUT2D eigenvalue weighted by atomic mass is 35.5. The van der Waals surface area contributed by atoms with E-state index in [0.717, 1.165) is 12.0 Å². The first-order chi connectivity index (χ1) is 10.0. The minimum Gasteiger partial charge on any atom is -0.339 e. The van der Waals surface area contributed by atoms with Gasteiger partial charge in [-0.2, -0.15) is 4.98 Å². The molecule has 21 heavy (non-hydrogen) atoms. The van der Waals surface area contributed by atoms with Gasteiger partial charge in [0.25, 0.3) is 0 Å². The Bertz CT molecular complexity index is 596. The molecule has 6 heteroatoms. The molecule has 2 unspecified atom stereocenters. The summed E-state index contributed by atoms with van der Waals surface area (Å²) >= 11 is 12.1. The van der Waals surface area contributed by atoms with E-state index in [9.17, 15) is 0 Å². The van der Waals surface area contributed by atoms with Gasteiger partial charge in [-0.05, 0) is 31.2 Å². The molecule has 1 heterocycles. The summed E-state index contributed by atoms with van der Waals surface area (Å²) in [5, 5.41) is 8.53. The highest BCUT2D eigenvalue weighted by Crippen LogP contribution is 2.24. The van der Waals surface area contributed by atoms with Crippen LogP contribution in [0.1, 0.15) is 43.5 Å². The Hall–Kier alpha value is -1.10. The zero-order valence-corrected chi connectivity index (χ0v) is 13.9. The number of rotatable bonds is 6. The van der Waals surface area contributed by atoms with E-state index in [-0.39, 0.29) is 5.92 Å². The lowest BCUT2D eigenvalue weighted by Gasteiger charge is -2.18. The van der Waals surface area contributed by atoms with E-state index in [0.29, 0.717) is 34.2 Å². The Kier molecular flexibility index (Phi) is 5.62. The van der Waals surface area contributed by atoms with Crippen LogP contribution < -0.4 is 5.32 Å². The minimum absolute atomic E-state index is 0.168. The Labute approximate surface area is 134 Å². The van der Waals surface area contributed by atoms with Crippen molar-refractivity contribution in [2.24, 2.45) is 0 Å². The van der Waals surface area contributed by atoms with Crippen LogP contribution in [0.5, 0.6) is 0 Å². The standard InChI is InChI=1S/C15H19Cl2N3O/c1-4-13(18-3)9(2)15-19-14(20-21-15)7-10-5-6-11(16)8-12(10)17/h5-6,8-9,13,18H,4,7H2,1-3H3. The predicted octanol–water partition coefficient (Wildman–Crippen LogP) is 4.07. The molecule has 0 saturated carbocycles. The number of likely N-dealkylation sites (N-methyl/N-ethyl adjacent to an activating group) is 1. The Morgan fingerprint density at radius 3 is 2.71 bits per heavy atom. The normalized spacial score (nSPS) is 14.1. The second-order valence-electron chi connectivity index (χ2n) is 5.05. The average Bonchev–Trinajstić information content (AvgIpc) is 2.92. The maximum atomic E-state index is 6.16.